The van der Waals surface area contributed by atoms with Crippen LogP contribution in [-0.2, 0) is 5.41 Å². The SMILES string of the molecule is NCC1(c2cccc(Cl)c2)CCC(NC(=O)c2ccnc(N3CCCCC3)c2)CC1. The third-order valence-corrected chi connectivity index (χ3v) is 7.03. The fourth-order valence-corrected chi connectivity index (χ4v) is 5.06. The number of amides is 1. The molecular weight excluding hydrogens is 396 g/mol. The van der Waals surface area contributed by atoms with E-state index in [1.54, 1.807) is 6.20 Å². The van der Waals surface area contributed by atoms with Gasteiger partial charge in [-0.2, -0.15) is 0 Å². The van der Waals surface area contributed by atoms with Crippen LogP contribution in [0.1, 0.15) is 60.9 Å². The van der Waals surface area contributed by atoms with Crippen LogP contribution in [0.4, 0.5) is 5.82 Å². The highest BCUT2D eigenvalue weighted by atomic mass is 35.5. The largest absolute Gasteiger partial charge is 0.357 e. The number of aromatic nitrogens is 1. The number of halogens is 1. The molecule has 1 saturated carbocycles. The lowest BCUT2D eigenvalue weighted by Crippen LogP contribution is -2.45. The third kappa shape index (κ3) is 4.62. The maximum absolute atomic E-state index is 12.9. The summed E-state index contributed by atoms with van der Waals surface area (Å²) in [5.74, 6) is 0.901. The molecule has 1 saturated heterocycles. The van der Waals surface area contributed by atoms with E-state index in [1.807, 2.05) is 30.3 Å². The molecule has 5 nitrogen and oxygen atoms in total. The second-order valence-corrected chi connectivity index (χ2v) is 9.13. The summed E-state index contributed by atoms with van der Waals surface area (Å²) in [4.78, 5) is 19.7. The number of nitrogens with two attached hydrogens (primary N) is 1. The summed E-state index contributed by atoms with van der Waals surface area (Å²) < 4.78 is 0. The molecule has 2 fully saturated rings. The van der Waals surface area contributed by atoms with Gasteiger partial charge in [0.05, 0.1) is 0 Å². The van der Waals surface area contributed by atoms with Gasteiger partial charge in [-0.1, -0.05) is 23.7 Å². The van der Waals surface area contributed by atoms with Crippen LogP contribution >= 0.6 is 11.6 Å². The molecule has 2 aromatic rings. The Labute approximate surface area is 184 Å². The van der Waals surface area contributed by atoms with Crippen molar-refractivity contribution in [2.24, 2.45) is 5.73 Å². The van der Waals surface area contributed by atoms with Crippen LogP contribution < -0.4 is 16.0 Å². The van der Waals surface area contributed by atoms with Crippen LogP contribution in [-0.4, -0.2) is 36.6 Å². The number of piperidine rings is 1. The van der Waals surface area contributed by atoms with Gasteiger partial charge in [-0.3, -0.25) is 4.79 Å². The molecule has 30 heavy (non-hydrogen) atoms. The Bertz CT molecular complexity index is 873. The van der Waals surface area contributed by atoms with E-state index >= 15 is 0 Å². The first-order valence-corrected chi connectivity index (χ1v) is 11.5. The van der Waals surface area contributed by atoms with E-state index in [9.17, 15) is 4.79 Å². The number of nitrogens with one attached hydrogen (secondary N) is 1. The van der Waals surface area contributed by atoms with Crippen LogP contribution in [0.5, 0.6) is 0 Å². The smallest absolute Gasteiger partial charge is 0.251 e. The monoisotopic (exact) mass is 426 g/mol. The molecule has 160 valence electrons. The molecule has 2 aliphatic rings. The second kappa shape index (κ2) is 9.36. The zero-order valence-electron chi connectivity index (χ0n) is 17.4. The topological polar surface area (TPSA) is 71.2 Å². The van der Waals surface area contributed by atoms with Gasteiger partial charge < -0.3 is 16.0 Å². The molecule has 1 aliphatic heterocycles. The first kappa shape index (κ1) is 21.1. The van der Waals surface area contributed by atoms with Crippen molar-refractivity contribution in [3.63, 3.8) is 0 Å². The predicted octanol–water partition coefficient (Wildman–Crippen LogP) is 4.29. The molecule has 1 aromatic carbocycles. The van der Waals surface area contributed by atoms with Gasteiger partial charge in [0.2, 0.25) is 0 Å². The summed E-state index contributed by atoms with van der Waals surface area (Å²) >= 11 is 6.21. The number of rotatable bonds is 5. The molecular formula is C24H31ClN4O. The lowest BCUT2D eigenvalue weighted by atomic mass is 9.68. The fourth-order valence-electron chi connectivity index (χ4n) is 4.87. The van der Waals surface area contributed by atoms with Crippen molar-refractivity contribution in [2.75, 3.05) is 24.5 Å². The summed E-state index contributed by atoms with van der Waals surface area (Å²) in [5, 5.41) is 3.99. The normalized spacial score (nSPS) is 24.5. The molecule has 6 heteroatoms. The minimum atomic E-state index is -0.0514. The van der Waals surface area contributed by atoms with Gasteiger partial charge in [0.25, 0.3) is 5.91 Å². The van der Waals surface area contributed by atoms with Gasteiger partial charge in [0.1, 0.15) is 5.82 Å². The van der Waals surface area contributed by atoms with Crippen molar-refractivity contribution >= 4 is 23.3 Å². The van der Waals surface area contributed by atoms with E-state index in [0.29, 0.717) is 12.1 Å². The minimum absolute atomic E-state index is 0.0105. The van der Waals surface area contributed by atoms with Gasteiger partial charge in [-0.25, -0.2) is 4.98 Å². The number of hydrogen-bond acceptors (Lipinski definition) is 4. The molecule has 0 bridgehead atoms. The van der Waals surface area contributed by atoms with Crippen molar-refractivity contribution < 1.29 is 4.79 Å². The Morgan fingerprint density at radius 3 is 2.63 bits per heavy atom. The lowest BCUT2D eigenvalue weighted by molar-refractivity contribution is 0.0918. The van der Waals surface area contributed by atoms with E-state index in [1.165, 1.54) is 24.8 Å². The van der Waals surface area contributed by atoms with Crippen LogP contribution in [0.2, 0.25) is 5.02 Å². The average Bonchev–Trinajstić information content (AvgIpc) is 2.80. The highest BCUT2D eigenvalue weighted by Gasteiger charge is 2.36. The third-order valence-electron chi connectivity index (χ3n) is 6.79. The Morgan fingerprint density at radius 1 is 1.17 bits per heavy atom. The number of benzene rings is 1. The van der Waals surface area contributed by atoms with Crippen LogP contribution in [0.3, 0.4) is 0 Å². The number of carbonyl (C=O) groups is 1. The molecule has 0 spiro atoms. The van der Waals surface area contributed by atoms with E-state index < -0.39 is 0 Å². The zero-order chi connectivity index (χ0) is 21.0. The molecule has 1 amide bonds. The molecule has 1 aromatic heterocycles. The fraction of sp³-hybridized carbons (Fsp3) is 0.500. The average molecular weight is 427 g/mol. The van der Waals surface area contributed by atoms with E-state index in [0.717, 1.165) is 49.6 Å². The summed E-state index contributed by atoms with van der Waals surface area (Å²) in [6, 6.07) is 12.0. The van der Waals surface area contributed by atoms with E-state index in [2.05, 4.69) is 21.3 Å². The number of hydrogen-bond donors (Lipinski definition) is 2. The Balaban J connectivity index is 1.38. The first-order valence-electron chi connectivity index (χ1n) is 11.1. The molecule has 4 rings (SSSR count). The predicted molar refractivity (Wildman–Crippen MR) is 122 cm³/mol. The summed E-state index contributed by atoms with van der Waals surface area (Å²) in [7, 11) is 0. The number of pyridine rings is 1. The quantitative estimate of drug-likeness (QED) is 0.747. The Kier molecular flexibility index (Phi) is 6.59. The molecule has 0 unspecified atom stereocenters. The van der Waals surface area contributed by atoms with Gasteiger partial charge in [-0.05, 0) is 74.8 Å². The van der Waals surface area contributed by atoms with Crippen molar-refractivity contribution in [1.82, 2.24) is 10.3 Å². The standard InChI is InChI=1S/C24H31ClN4O/c25-20-6-4-5-19(16-20)24(17-26)10-7-21(8-11-24)28-23(30)18-9-12-27-22(15-18)29-13-2-1-3-14-29/h4-6,9,12,15-16,21H,1-3,7-8,10-11,13-14,17,26H2,(H,28,30). The lowest BCUT2D eigenvalue weighted by Gasteiger charge is -2.40. The summed E-state index contributed by atoms with van der Waals surface area (Å²) in [6.45, 7) is 2.63. The highest BCUT2D eigenvalue weighted by molar-refractivity contribution is 6.30. The summed E-state index contributed by atoms with van der Waals surface area (Å²) in [6.07, 6.45) is 9.13. The second-order valence-electron chi connectivity index (χ2n) is 8.69. The minimum Gasteiger partial charge on any atom is -0.357 e. The zero-order valence-corrected chi connectivity index (χ0v) is 18.2. The molecule has 0 atom stereocenters. The number of carbonyl (C=O) groups excluding carboxylic acids is 1. The number of nitrogens with zero attached hydrogens (tertiary/aromatic N) is 2. The first-order chi connectivity index (χ1) is 14.6. The molecule has 1 aliphatic carbocycles. The van der Waals surface area contributed by atoms with Crippen molar-refractivity contribution in [2.45, 2.75) is 56.4 Å². The van der Waals surface area contributed by atoms with Crippen molar-refractivity contribution in [1.29, 1.82) is 0 Å². The van der Waals surface area contributed by atoms with Gasteiger partial charge >= 0.3 is 0 Å². The Hall–Kier alpha value is -2.11. The van der Waals surface area contributed by atoms with Crippen molar-refractivity contribution in [3.8, 4) is 0 Å². The van der Waals surface area contributed by atoms with Gasteiger partial charge in [-0.15, -0.1) is 0 Å². The van der Waals surface area contributed by atoms with E-state index in [-0.39, 0.29) is 17.4 Å². The number of anilines is 1. The maximum Gasteiger partial charge on any atom is 0.251 e. The van der Waals surface area contributed by atoms with Crippen LogP contribution in [0, 0.1) is 0 Å². The highest BCUT2D eigenvalue weighted by Crippen LogP contribution is 2.39. The van der Waals surface area contributed by atoms with E-state index in [4.69, 9.17) is 17.3 Å². The van der Waals surface area contributed by atoms with Gasteiger partial charge in [0, 0.05) is 47.9 Å². The summed E-state index contributed by atoms with van der Waals surface area (Å²) in [5.41, 5.74) is 8.05. The molecule has 2 heterocycles. The maximum atomic E-state index is 12.9. The van der Waals surface area contributed by atoms with Gasteiger partial charge in [0.15, 0.2) is 0 Å². The van der Waals surface area contributed by atoms with Crippen molar-refractivity contribution in [3.05, 3.63) is 58.7 Å². The molecule has 3 N–H and O–H groups in total. The van der Waals surface area contributed by atoms with Crippen LogP contribution in [0.15, 0.2) is 42.6 Å². The van der Waals surface area contributed by atoms with Crippen LogP contribution in [0.25, 0.3) is 0 Å². The Morgan fingerprint density at radius 2 is 1.93 bits per heavy atom. The molecule has 0 radical (unpaired) electrons.